The zero-order valence-electron chi connectivity index (χ0n) is 11.9. The standard InChI is InChI=1S/C15H16N4O2/c1-9-15(10(2)18-17-9)13(8-19(20)21)12-7-16-14-6-4-3-5-11(12)14/h3-7,13,16H,8H2,1-2H3,(H,17,18). The maximum atomic E-state index is 11.1. The number of aromatic amines is 2. The Labute approximate surface area is 121 Å². The molecule has 0 saturated carbocycles. The summed E-state index contributed by atoms with van der Waals surface area (Å²) in [5, 5.41) is 19.2. The lowest BCUT2D eigenvalue weighted by Gasteiger charge is -2.13. The van der Waals surface area contributed by atoms with Crippen LogP contribution in [0.4, 0.5) is 0 Å². The van der Waals surface area contributed by atoms with Crippen LogP contribution in [0.5, 0.6) is 0 Å². The molecule has 1 atom stereocenters. The van der Waals surface area contributed by atoms with Gasteiger partial charge in [0.15, 0.2) is 0 Å². The van der Waals surface area contributed by atoms with E-state index >= 15 is 0 Å². The lowest BCUT2D eigenvalue weighted by atomic mass is 9.89. The molecule has 6 nitrogen and oxygen atoms in total. The van der Waals surface area contributed by atoms with Crippen LogP contribution in [-0.2, 0) is 0 Å². The van der Waals surface area contributed by atoms with Gasteiger partial charge in [-0.15, -0.1) is 0 Å². The Morgan fingerprint density at radius 1 is 1.33 bits per heavy atom. The summed E-state index contributed by atoms with van der Waals surface area (Å²) >= 11 is 0. The number of rotatable bonds is 4. The molecule has 0 aliphatic carbocycles. The van der Waals surface area contributed by atoms with E-state index in [-0.39, 0.29) is 17.4 Å². The van der Waals surface area contributed by atoms with E-state index in [4.69, 9.17) is 0 Å². The second-order valence-electron chi connectivity index (χ2n) is 5.21. The first-order valence-corrected chi connectivity index (χ1v) is 6.77. The monoisotopic (exact) mass is 284 g/mol. The van der Waals surface area contributed by atoms with Crippen LogP contribution in [0.1, 0.15) is 28.4 Å². The molecule has 0 saturated heterocycles. The summed E-state index contributed by atoms with van der Waals surface area (Å²) < 4.78 is 0. The maximum Gasteiger partial charge on any atom is 0.214 e. The van der Waals surface area contributed by atoms with Crippen LogP contribution in [0.25, 0.3) is 10.9 Å². The highest BCUT2D eigenvalue weighted by Crippen LogP contribution is 2.33. The Hall–Kier alpha value is -2.63. The Kier molecular flexibility index (Phi) is 3.21. The maximum absolute atomic E-state index is 11.1. The Morgan fingerprint density at radius 2 is 2.10 bits per heavy atom. The molecule has 0 aliphatic rings. The second kappa shape index (κ2) is 5.05. The number of aromatic nitrogens is 3. The van der Waals surface area contributed by atoms with E-state index in [1.807, 2.05) is 44.3 Å². The van der Waals surface area contributed by atoms with E-state index in [2.05, 4.69) is 15.2 Å². The average molecular weight is 284 g/mol. The topological polar surface area (TPSA) is 87.6 Å². The lowest BCUT2D eigenvalue weighted by molar-refractivity contribution is -0.481. The zero-order valence-corrected chi connectivity index (χ0v) is 11.9. The summed E-state index contributed by atoms with van der Waals surface area (Å²) in [5.74, 6) is -0.310. The summed E-state index contributed by atoms with van der Waals surface area (Å²) in [6.07, 6.45) is 1.87. The summed E-state index contributed by atoms with van der Waals surface area (Å²) in [5.41, 5.74) is 4.53. The molecule has 0 bridgehead atoms. The van der Waals surface area contributed by atoms with E-state index in [9.17, 15) is 10.1 Å². The number of para-hydroxylation sites is 1. The predicted octanol–water partition coefficient (Wildman–Crippen LogP) is 2.92. The molecular weight excluding hydrogens is 268 g/mol. The first-order chi connectivity index (χ1) is 10.1. The van der Waals surface area contributed by atoms with Gasteiger partial charge in [0.25, 0.3) is 0 Å². The van der Waals surface area contributed by atoms with Crippen LogP contribution in [0.15, 0.2) is 30.5 Å². The Balaban J connectivity index is 2.18. The minimum Gasteiger partial charge on any atom is -0.361 e. The number of hydrogen-bond donors (Lipinski definition) is 2. The highest BCUT2D eigenvalue weighted by Gasteiger charge is 2.27. The minimum absolute atomic E-state index is 0.150. The van der Waals surface area contributed by atoms with Gasteiger partial charge in [0.05, 0.1) is 11.6 Å². The number of nitrogens with one attached hydrogen (secondary N) is 2. The molecule has 21 heavy (non-hydrogen) atoms. The average Bonchev–Trinajstić information content (AvgIpc) is 3.01. The van der Waals surface area contributed by atoms with Gasteiger partial charge in [-0.2, -0.15) is 5.10 Å². The molecule has 6 heteroatoms. The van der Waals surface area contributed by atoms with E-state index < -0.39 is 0 Å². The molecule has 3 rings (SSSR count). The second-order valence-corrected chi connectivity index (χ2v) is 5.21. The molecule has 108 valence electrons. The van der Waals surface area contributed by atoms with Crippen molar-refractivity contribution in [2.75, 3.05) is 6.54 Å². The third-order valence-corrected chi connectivity index (χ3v) is 3.86. The summed E-state index contributed by atoms with van der Waals surface area (Å²) in [6, 6.07) is 7.84. The Morgan fingerprint density at radius 3 is 2.76 bits per heavy atom. The number of nitro groups is 1. The van der Waals surface area contributed by atoms with Gasteiger partial charge in [-0.25, -0.2) is 0 Å². The number of nitrogens with zero attached hydrogens (tertiary/aromatic N) is 2. The van der Waals surface area contributed by atoms with Gasteiger partial charge in [0, 0.05) is 33.3 Å². The molecule has 2 heterocycles. The number of hydrogen-bond acceptors (Lipinski definition) is 3. The number of H-pyrrole nitrogens is 2. The Bertz CT molecular complexity index is 783. The van der Waals surface area contributed by atoms with Crippen molar-refractivity contribution in [2.24, 2.45) is 0 Å². The smallest absolute Gasteiger partial charge is 0.214 e. The fourth-order valence-corrected chi connectivity index (χ4v) is 2.95. The number of aryl methyl sites for hydroxylation is 2. The van der Waals surface area contributed by atoms with Crippen molar-refractivity contribution < 1.29 is 4.92 Å². The van der Waals surface area contributed by atoms with Gasteiger partial charge < -0.3 is 4.98 Å². The van der Waals surface area contributed by atoms with E-state index in [0.29, 0.717) is 0 Å². The van der Waals surface area contributed by atoms with Gasteiger partial charge in [-0.1, -0.05) is 18.2 Å². The predicted molar refractivity (Wildman–Crippen MR) is 80.1 cm³/mol. The van der Waals surface area contributed by atoms with Gasteiger partial charge in [0.1, 0.15) is 0 Å². The molecule has 0 radical (unpaired) electrons. The SMILES string of the molecule is Cc1n[nH]c(C)c1C(C[N+](=O)[O-])c1c[nH]c2ccccc12. The zero-order chi connectivity index (χ0) is 15.0. The first kappa shape index (κ1) is 13.4. The van der Waals surface area contributed by atoms with Crippen LogP contribution in [0, 0.1) is 24.0 Å². The molecule has 0 amide bonds. The van der Waals surface area contributed by atoms with Gasteiger partial charge >= 0.3 is 0 Å². The van der Waals surface area contributed by atoms with Crippen molar-refractivity contribution in [2.45, 2.75) is 19.8 Å². The quantitative estimate of drug-likeness (QED) is 0.570. The van der Waals surface area contributed by atoms with Gasteiger partial charge in [0.2, 0.25) is 6.54 Å². The van der Waals surface area contributed by atoms with Crippen molar-refractivity contribution in [3.8, 4) is 0 Å². The van der Waals surface area contributed by atoms with Crippen LogP contribution < -0.4 is 0 Å². The van der Waals surface area contributed by atoms with E-state index in [1.165, 1.54) is 0 Å². The fourth-order valence-electron chi connectivity index (χ4n) is 2.95. The van der Waals surface area contributed by atoms with Crippen molar-refractivity contribution >= 4 is 10.9 Å². The van der Waals surface area contributed by atoms with Crippen molar-refractivity contribution in [1.82, 2.24) is 15.2 Å². The number of benzene rings is 1. The highest BCUT2D eigenvalue weighted by molar-refractivity contribution is 5.84. The van der Waals surface area contributed by atoms with Crippen molar-refractivity contribution in [3.63, 3.8) is 0 Å². The van der Waals surface area contributed by atoms with Crippen LogP contribution in [0.3, 0.4) is 0 Å². The molecule has 0 aliphatic heterocycles. The molecule has 2 aromatic heterocycles. The van der Waals surface area contributed by atoms with Crippen molar-refractivity contribution in [3.05, 3.63) is 63.1 Å². The summed E-state index contributed by atoms with van der Waals surface area (Å²) in [7, 11) is 0. The van der Waals surface area contributed by atoms with Crippen LogP contribution >= 0.6 is 0 Å². The molecule has 1 aromatic carbocycles. The fraction of sp³-hybridized carbons (Fsp3) is 0.267. The molecule has 0 fully saturated rings. The van der Waals surface area contributed by atoms with Gasteiger partial charge in [-0.3, -0.25) is 15.2 Å². The normalized spacial score (nSPS) is 12.7. The van der Waals surface area contributed by atoms with Gasteiger partial charge in [-0.05, 0) is 25.5 Å². The lowest BCUT2D eigenvalue weighted by Crippen LogP contribution is -2.15. The van der Waals surface area contributed by atoms with Crippen molar-refractivity contribution in [1.29, 1.82) is 0 Å². The van der Waals surface area contributed by atoms with E-state index in [0.717, 1.165) is 33.4 Å². The molecular formula is C15H16N4O2. The third-order valence-electron chi connectivity index (χ3n) is 3.86. The minimum atomic E-state index is -0.310. The van der Waals surface area contributed by atoms with E-state index in [1.54, 1.807) is 0 Å². The molecule has 0 spiro atoms. The third kappa shape index (κ3) is 2.29. The van der Waals surface area contributed by atoms with Crippen LogP contribution in [0.2, 0.25) is 0 Å². The first-order valence-electron chi connectivity index (χ1n) is 6.77. The van der Waals surface area contributed by atoms with Crippen LogP contribution in [-0.4, -0.2) is 26.6 Å². The summed E-state index contributed by atoms with van der Waals surface area (Å²) in [6.45, 7) is 3.63. The molecule has 1 unspecified atom stereocenters. The largest absolute Gasteiger partial charge is 0.361 e. The summed E-state index contributed by atoms with van der Waals surface area (Å²) in [4.78, 5) is 14.0. The molecule has 2 N–H and O–H groups in total. The number of fused-ring (bicyclic) bond motifs is 1. The highest BCUT2D eigenvalue weighted by atomic mass is 16.6. The molecule has 3 aromatic rings.